The Morgan fingerprint density at radius 3 is 2.41 bits per heavy atom. The summed E-state index contributed by atoms with van der Waals surface area (Å²) in [6, 6.07) is 9.50. The number of carbonyl (C=O) groups excluding carboxylic acids is 1. The largest absolute Gasteiger partial charge is 0.458 e. The fourth-order valence-electron chi connectivity index (χ4n) is 8.87. The molecule has 4 heteroatoms. The van der Waals surface area contributed by atoms with Gasteiger partial charge in [0.15, 0.2) is 5.79 Å². The molecule has 0 N–H and O–H groups in total. The number of ether oxygens (including phenoxy) is 3. The molecule has 0 aromatic heterocycles. The lowest BCUT2D eigenvalue weighted by Gasteiger charge is -2.61. The van der Waals surface area contributed by atoms with Gasteiger partial charge in [0.05, 0.1) is 18.8 Å². The van der Waals surface area contributed by atoms with E-state index in [9.17, 15) is 4.79 Å². The van der Waals surface area contributed by atoms with E-state index in [1.807, 2.05) is 30.3 Å². The van der Waals surface area contributed by atoms with Crippen LogP contribution in [0.3, 0.4) is 0 Å². The number of esters is 1. The SMILES string of the molecule is C[C@]12CCC3(C[C@@H]1CC[C@@H]1[C@@H]2CC[C@]2(C)[C@@H](OC(=O)c4ccccc4)CC[C@@H]12)OCCO3. The van der Waals surface area contributed by atoms with Crippen LogP contribution in [0.15, 0.2) is 30.3 Å². The third kappa shape index (κ3) is 3.12. The maximum Gasteiger partial charge on any atom is 0.338 e. The van der Waals surface area contributed by atoms with Gasteiger partial charge in [0.25, 0.3) is 0 Å². The van der Waals surface area contributed by atoms with Crippen LogP contribution in [0.5, 0.6) is 0 Å². The van der Waals surface area contributed by atoms with E-state index in [0.717, 1.165) is 44.3 Å². The monoisotopic (exact) mass is 438 g/mol. The Kier molecular flexibility index (Phi) is 5.00. The van der Waals surface area contributed by atoms with Gasteiger partial charge in [-0.25, -0.2) is 4.79 Å². The predicted molar refractivity (Wildman–Crippen MR) is 122 cm³/mol. The summed E-state index contributed by atoms with van der Waals surface area (Å²) in [7, 11) is 0. The molecule has 174 valence electrons. The first kappa shape index (κ1) is 21.2. The maximum atomic E-state index is 12.8. The average molecular weight is 439 g/mol. The molecule has 0 unspecified atom stereocenters. The molecule has 1 aliphatic heterocycles. The Labute approximate surface area is 192 Å². The Hall–Kier alpha value is -1.39. The van der Waals surface area contributed by atoms with Gasteiger partial charge in [-0.15, -0.1) is 0 Å². The molecule has 0 bridgehead atoms. The number of benzene rings is 1. The van der Waals surface area contributed by atoms with Gasteiger partial charge in [-0.1, -0.05) is 32.0 Å². The highest BCUT2D eigenvalue weighted by molar-refractivity contribution is 5.89. The van der Waals surface area contributed by atoms with Crippen molar-refractivity contribution in [3.63, 3.8) is 0 Å². The zero-order valence-electron chi connectivity index (χ0n) is 19.7. The Morgan fingerprint density at radius 2 is 1.62 bits per heavy atom. The summed E-state index contributed by atoms with van der Waals surface area (Å²) in [6.07, 6.45) is 10.7. The van der Waals surface area contributed by atoms with Crippen molar-refractivity contribution in [1.82, 2.24) is 0 Å². The minimum absolute atomic E-state index is 0.0570. The van der Waals surface area contributed by atoms with E-state index >= 15 is 0 Å². The summed E-state index contributed by atoms with van der Waals surface area (Å²) in [5, 5.41) is 0. The molecule has 6 rings (SSSR count). The number of hydrogen-bond donors (Lipinski definition) is 0. The fraction of sp³-hybridized carbons (Fsp3) is 0.750. The normalized spacial score (nSPS) is 44.5. The minimum atomic E-state index is -0.274. The molecule has 0 amide bonds. The maximum absolute atomic E-state index is 12.8. The van der Waals surface area contributed by atoms with E-state index in [2.05, 4.69) is 13.8 Å². The third-order valence-corrected chi connectivity index (χ3v) is 10.7. The summed E-state index contributed by atoms with van der Waals surface area (Å²) in [6.45, 7) is 6.53. The van der Waals surface area contributed by atoms with Crippen LogP contribution in [0.4, 0.5) is 0 Å². The first-order chi connectivity index (χ1) is 15.4. The number of rotatable bonds is 2. The first-order valence-electron chi connectivity index (χ1n) is 13.0. The number of hydrogen-bond acceptors (Lipinski definition) is 4. The van der Waals surface area contributed by atoms with Crippen LogP contribution in [-0.2, 0) is 14.2 Å². The van der Waals surface area contributed by atoms with Gasteiger partial charge in [-0.3, -0.25) is 0 Å². The van der Waals surface area contributed by atoms with Crippen LogP contribution in [0.25, 0.3) is 0 Å². The molecule has 1 aromatic rings. The summed E-state index contributed by atoms with van der Waals surface area (Å²) in [4.78, 5) is 12.8. The van der Waals surface area contributed by atoms with Gasteiger partial charge in [0.2, 0.25) is 0 Å². The zero-order chi connectivity index (χ0) is 22.0. The van der Waals surface area contributed by atoms with Crippen molar-refractivity contribution >= 4 is 5.97 Å². The van der Waals surface area contributed by atoms with Gasteiger partial charge in [0.1, 0.15) is 6.10 Å². The Morgan fingerprint density at radius 1 is 0.875 bits per heavy atom. The standard InChI is InChI=1S/C28H38O4/c1-26-14-15-28(30-16-17-31-28)18-20(26)8-9-21-22-10-11-24(27(22,2)13-12-23(21)26)32-25(29)19-6-4-3-5-7-19/h3-7,20-24H,8-18H2,1-2H3/t20-,21-,22-,23-,24-,26-,27-/m0/s1. The Bertz CT molecular complexity index is 861. The van der Waals surface area contributed by atoms with E-state index in [4.69, 9.17) is 14.2 Å². The molecule has 5 fully saturated rings. The quantitative estimate of drug-likeness (QED) is 0.532. The second kappa shape index (κ2) is 7.56. The first-order valence-corrected chi connectivity index (χ1v) is 13.0. The van der Waals surface area contributed by atoms with Gasteiger partial charge in [-0.2, -0.15) is 0 Å². The van der Waals surface area contributed by atoms with Gasteiger partial charge in [-0.05, 0) is 86.2 Å². The lowest BCUT2D eigenvalue weighted by Crippen LogP contribution is -2.56. The van der Waals surface area contributed by atoms with Crippen molar-refractivity contribution < 1.29 is 19.0 Å². The van der Waals surface area contributed by atoms with Crippen LogP contribution in [0, 0.1) is 34.5 Å². The highest BCUT2D eigenvalue weighted by atomic mass is 16.7. The topological polar surface area (TPSA) is 44.8 Å². The van der Waals surface area contributed by atoms with E-state index in [1.54, 1.807) is 0 Å². The van der Waals surface area contributed by atoms with E-state index in [0.29, 0.717) is 22.8 Å². The molecular weight excluding hydrogens is 400 g/mol. The second-order valence-electron chi connectivity index (χ2n) is 11.9. The summed E-state index contributed by atoms with van der Waals surface area (Å²) >= 11 is 0. The van der Waals surface area contributed by atoms with E-state index in [-0.39, 0.29) is 23.3 Å². The van der Waals surface area contributed by atoms with Crippen molar-refractivity contribution in [1.29, 1.82) is 0 Å². The van der Waals surface area contributed by atoms with Crippen LogP contribution >= 0.6 is 0 Å². The Balaban J connectivity index is 1.19. The van der Waals surface area contributed by atoms with Crippen LogP contribution in [0.1, 0.15) is 82.0 Å². The van der Waals surface area contributed by atoms with Crippen molar-refractivity contribution in [3.8, 4) is 0 Å². The zero-order valence-corrected chi connectivity index (χ0v) is 19.7. The molecule has 1 spiro atoms. The van der Waals surface area contributed by atoms with Crippen molar-refractivity contribution in [2.75, 3.05) is 13.2 Å². The summed E-state index contributed by atoms with van der Waals surface area (Å²) < 4.78 is 18.4. The number of fused-ring (bicyclic) bond motifs is 5. The van der Waals surface area contributed by atoms with Crippen LogP contribution in [0.2, 0.25) is 0 Å². The van der Waals surface area contributed by atoms with Crippen LogP contribution < -0.4 is 0 Å². The van der Waals surface area contributed by atoms with Crippen molar-refractivity contribution in [2.45, 2.75) is 83.5 Å². The van der Waals surface area contributed by atoms with E-state index < -0.39 is 0 Å². The van der Waals surface area contributed by atoms with E-state index in [1.165, 1.54) is 38.5 Å². The second-order valence-corrected chi connectivity index (χ2v) is 11.9. The average Bonchev–Trinajstić information content (AvgIpc) is 3.39. The van der Waals surface area contributed by atoms with Gasteiger partial charge >= 0.3 is 5.97 Å². The fourth-order valence-corrected chi connectivity index (χ4v) is 8.87. The molecule has 1 aromatic carbocycles. The van der Waals surface area contributed by atoms with Crippen LogP contribution in [-0.4, -0.2) is 31.1 Å². The molecule has 7 atom stereocenters. The van der Waals surface area contributed by atoms with Crippen molar-refractivity contribution in [3.05, 3.63) is 35.9 Å². The molecule has 0 radical (unpaired) electrons. The molecule has 4 nitrogen and oxygen atoms in total. The highest BCUT2D eigenvalue weighted by Gasteiger charge is 2.62. The highest BCUT2D eigenvalue weighted by Crippen LogP contribution is 2.67. The predicted octanol–water partition coefficient (Wildman–Crippen LogP) is 6.00. The van der Waals surface area contributed by atoms with Gasteiger partial charge < -0.3 is 14.2 Å². The summed E-state index contributed by atoms with van der Waals surface area (Å²) in [5.74, 6) is 2.54. The van der Waals surface area contributed by atoms with Crippen molar-refractivity contribution in [2.24, 2.45) is 34.5 Å². The number of carbonyl (C=O) groups is 1. The molecule has 4 saturated carbocycles. The molecule has 5 aliphatic rings. The molecular formula is C28H38O4. The molecule has 1 saturated heterocycles. The van der Waals surface area contributed by atoms with Gasteiger partial charge in [0, 0.05) is 18.3 Å². The smallest absolute Gasteiger partial charge is 0.338 e. The lowest BCUT2D eigenvalue weighted by molar-refractivity contribution is -0.230. The minimum Gasteiger partial charge on any atom is -0.458 e. The summed E-state index contributed by atoms with van der Waals surface area (Å²) in [5.41, 5.74) is 1.21. The lowest BCUT2D eigenvalue weighted by atomic mass is 9.45. The third-order valence-electron chi connectivity index (χ3n) is 10.7. The molecule has 4 aliphatic carbocycles. The molecule has 1 heterocycles. The molecule has 32 heavy (non-hydrogen) atoms.